The highest BCUT2D eigenvalue weighted by Gasteiger charge is 2.34. The molecule has 0 unspecified atom stereocenters. The third kappa shape index (κ3) is 5.45. The number of rotatable bonds is 6. The van der Waals surface area contributed by atoms with Crippen LogP contribution in [0.2, 0.25) is 0 Å². The van der Waals surface area contributed by atoms with Crippen LogP contribution in [-0.2, 0) is 9.53 Å². The monoisotopic (exact) mass is 374 g/mol. The number of carbonyl (C=O) groups excluding carboxylic acids is 3. The van der Waals surface area contributed by atoms with Gasteiger partial charge in [0.05, 0.1) is 6.61 Å². The lowest BCUT2D eigenvalue weighted by molar-refractivity contribution is -0.133. The van der Waals surface area contributed by atoms with Gasteiger partial charge in [0.25, 0.3) is 5.91 Å². The molecule has 0 radical (unpaired) electrons. The summed E-state index contributed by atoms with van der Waals surface area (Å²) in [5.74, 6) is 1.15. The Morgan fingerprint density at radius 1 is 1.07 bits per heavy atom. The quantitative estimate of drug-likeness (QED) is 0.611. The van der Waals surface area contributed by atoms with E-state index in [4.69, 9.17) is 9.47 Å². The molecular weight excluding hydrogens is 348 g/mol. The van der Waals surface area contributed by atoms with Gasteiger partial charge in [0.1, 0.15) is 5.75 Å². The van der Waals surface area contributed by atoms with Gasteiger partial charge in [-0.25, -0.2) is 4.79 Å². The smallest absolute Gasteiger partial charge is 0.434 e. The zero-order valence-corrected chi connectivity index (χ0v) is 15.6. The van der Waals surface area contributed by atoms with Crippen LogP contribution in [0.3, 0.4) is 0 Å². The number of likely N-dealkylation sites (tertiary alicyclic amines) is 1. The number of carbonyl (C=O) groups is 3. The summed E-state index contributed by atoms with van der Waals surface area (Å²) in [5, 5.41) is 2.95. The maximum absolute atomic E-state index is 12.3. The van der Waals surface area contributed by atoms with Gasteiger partial charge in [-0.15, -0.1) is 0 Å². The third-order valence-electron chi connectivity index (χ3n) is 4.98. The largest absolute Gasteiger partial charge is 0.513 e. The predicted octanol–water partition coefficient (Wildman–Crippen LogP) is 2.60. The van der Waals surface area contributed by atoms with E-state index >= 15 is 0 Å². The second kappa shape index (κ2) is 8.88. The number of piperidine rings is 1. The fraction of sp³-hybridized carbons (Fsp3) is 0.550. The Morgan fingerprint density at radius 3 is 2.33 bits per heavy atom. The van der Waals surface area contributed by atoms with Crippen molar-refractivity contribution >= 4 is 18.0 Å². The molecule has 0 atom stereocenters. The second-order valence-corrected chi connectivity index (χ2v) is 7.06. The Hall–Kier alpha value is -2.57. The Kier molecular flexibility index (Phi) is 6.32. The van der Waals surface area contributed by atoms with Crippen LogP contribution >= 0.6 is 0 Å². The van der Waals surface area contributed by atoms with Gasteiger partial charge in [0, 0.05) is 31.1 Å². The molecule has 1 saturated heterocycles. The zero-order valence-electron chi connectivity index (χ0n) is 15.6. The van der Waals surface area contributed by atoms with Crippen molar-refractivity contribution in [3.8, 4) is 5.75 Å². The van der Waals surface area contributed by atoms with E-state index in [9.17, 15) is 14.4 Å². The molecule has 1 aliphatic heterocycles. The molecule has 7 heteroatoms. The first-order chi connectivity index (χ1) is 13.1. The van der Waals surface area contributed by atoms with Crippen LogP contribution < -0.4 is 10.1 Å². The van der Waals surface area contributed by atoms with Crippen molar-refractivity contribution in [1.82, 2.24) is 10.2 Å². The summed E-state index contributed by atoms with van der Waals surface area (Å²) >= 11 is 0. The van der Waals surface area contributed by atoms with Crippen LogP contribution in [0.15, 0.2) is 24.3 Å². The van der Waals surface area contributed by atoms with E-state index in [0.717, 1.165) is 38.8 Å². The first kappa shape index (κ1) is 19.2. The lowest BCUT2D eigenvalue weighted by atomic mass is 9.96. The summed E-state index contributed by atoms with van der Waals surface area (Å²) in [4.78, 5) is 37.6. The molecule has 3 rings (SSSR count). The van der Waals surface area contributed by atoms with Crippen LogP contribution in [0.4, 0.5) is 4.79 Å². The average Bonchev–Trinajstić information content (AvgIpc) is 3.52. The summed E-state index contributed by atoms with van der Waals surface area (Å²) < 4.78 is 9.67. The Labute approximate surface area is 159 Å². The van der Waals surface area contributed by atoms with E-state index in [0.29, 0.717) is 29.7 Å². The zero-order chi connectivity index (χ0) is 19.2. The van der Waals surface area contributed by atoms with Crippen molar-refractivity contribution in [3.63, 3.8) is 0 Å². The third-order valence-corrected chi connectivity index (χ3v) is 4.98. The molecule has 1 saturated carbocycles. The highest BCUT2D eigenvalue weighted by atomic mass is 16.7. The van der Waals surface area contributed by atoms with E-state index in [1.807, 2.05) is 4.90 Å². The summed E-state index contributed by atoms with van der Waals surface area (Å²) in [6.07, 6.45) is 3.16. The van der Waals surface area contributed by atoms with Crippen molar-refractivity contribution in [1.29, 1.82) is 0 Å². The van der Waals surface area contributed by atoms with Crippen molar-refractivity contribution in [2.75, 3.05) is 26.2 Å². The second-order valence-electron chi connectivity index (χ2n) is 7.06. The van der Waals surface area contributed by atoms with Crippen molar-refractivity contribution in [3.05, 3.63) is 29.8 Å². The number of amides is 2. The Balaban J connectivity index is 1.40. The minimum Gasteiger partial charge on any atom is -0.434 e. The molecule has 2 fully saturated rings. The van der Waals surface area contributed by atoms with Gasteiger partial charge in [0.15, 0.2) is 0 Å². The summed E-state index contributed by atoms with van der Waals surface area (Å²) in [6, 6.07) is 6.35. The van der Waals surface area contributed by atoms with Crippen molar-refractivity contribution in [2.24, 2.45) is 11.8 Å². The van der Waals surface area contributed by atoms with Crippen LogP contribution in [0.25, 0.3) is 0 Å². The number of hydrogen-bond acceptors (Lipinski definition) is 5. The summed E-state index contributed by atoms with van der Waals surface area (Å²) in [5.41, 5.74) is 0.507. The van der Waals surface area contributed by atoms with Crippen LogP contribution in [0.5, 0.6) is 5.75 Å². The molecule has 27 heavy (non-hydrogen) atoms. The molecule has 1 aromatic carbocycles. The normalized spacial score (nSPS) is 17.3. The first-order valence-electron chi connectivity index (χ1n) is 9.58. The molecule has 2 aliphatic rings. The molecule has 1 heterocycles. The topological polar surface area (TPSA) is 84.9 Å². The first-order valence-corrected chi connectivity index (χ1v) is 9.58. The number of hydrogen-bond donors (Lipinski definition) is 1. The van der Waals surface area contributed by atoms with Gasteiger partial charge in [-0.2, -0.15) is 0 Å². The van der Waals surface area contributed by atoms with Gasteiger partial charge in [0.2, 0.25) is 5.91 Å². The standard InChI is InChI=1S/C20H26N2O5/c1-2-26-20(25)27-17-7-5-15(6-8-17)18(23)21-13-14-9-11-22(12-10-14)19(24)16-3-4-16/h5-8,14,16H,2-4,9-13H2,1H3,(H,21,23). The maximum Gasteiger partial charge on any atom is 0.513 e. The van der Waals surface area contributed by atoms with Crippen molar-refractivity contribution < 1.29 is 23.9 Å². The average molecular weight is 374 g/mol. The predicted molar refractivity (Wildman–Crippen MR) is 98.5 cm³/mol. The molecule has 146 valence electrons. The molecule has 2 amide bonds. The number of nitrogens with one attached hydrogen (secondary N) is 1. The van der Waals surface area contributed by atoms with Crippen LogP contribution in [0.1, 0.15) is 43.0 Å². The van der Waals surface area contributed by atoms with Crippen molar-refractivity contribution in [2.45, 2.75) is 32.6 Å². The summed E-state index contributed by atoms with van der Waals surface area (Å²) in [7, 11) is 0. The molecule has 0 bridgehead atoms. The fourth-order valence-corrected chi connectivity index (χ4v) is 3.20. The Morgan fingerprint density at radius 2 is 1.74 bits per heavy atom. The maximum atomic E-state index is 12.3. The molecule has 0 spiro atoms. The van der Waals surface area contributed by atoms with Crippen LogP contribution in [-0.4, -0.2) is 49.1 Å². The minimum atomic E-state index is -0.763. The van der Waals surface area contributed by atoms with Gasteiger partial charge in [-0.05, 0) is 62.8 Å². The van der Waals surface area contributed by atoms with Gasteiger partial charge < -0.3 is 19.7 Å². The minimum absolute atomic E-state index is 0.158. The highest BCUT2D eigenvalue weighted by Crippen LogP contribution is 2.32. The molecule has 1 aliphatic carbocycles. The van der Waals surface area contributed by atoms with E-state index in [1.54, 1.807) is 31.2 Å². The molecule has 7 nitrogen and oxygen atoms in total. The summed E-state index contributed by atoms with van der Waals surface area (Å²) in [6.45, 7) is 4.12. The van der Waals surface area contributed by atoms with Gasteiger partial charge >= 0.3 is 6.16 Å². The van der Waals surface area contributed by atoms with E-state index < -0.39 is 6.16 Å². The molecule has 1 aromatic rings. The number of nitrogens with zero attached hydrogens (tertiary/aromatic N) is 1. The molecule has 0 aromatic heterocycles. The van der Waals surface area contributed by atoms with Gasteiger partial charge in [-0.1, -0.05) is 0 Å². The van der Waals surface area contributed by atoms with E-state index in [2.05, 4.69) is 5.32 Å². The van der Waals surface area contributed by atoms with E-state index in [1.165, 1.54) is 0 Å². The van der Waals surface area contributed by atoms with Crippen LogP contribution in [0, 0.1) is 11.8 Å². The lowest BCUT2D eigenvalue weighted by Gasteiger charge is -2.32. The molecular formula is C20H26N2O5. The fourth-order valence-electron chi connectivity index (χ4n) is 3.20. The lowest BCUT2D eigenvalue weighted by Crippen LogP contribution is -2.42. The number of benzene rings is 1. The highest BCUT2D eigenvalue weighted by molar-refractivity contribution is 5.94. The van der Waals surface area contributed by atoms with Gasteiger partial charge in [-0.3, -0.25) is 9.59 Å². The number of ether oxygens (including phenoxy) is 2. The SMILES string of the molecule is CCOC(=O)Oc1ccc(C(=O)NCC2CCN(C(=O)C3CC3)CC2)cc1. The molecule has 1 N–H and O–H groups in total. The van der Waals surface area contributed by atoms with E-state index in [-0.39, 0.29) is 18.4 Å². The Bertz CT molecular complexity index is 676.